The number of hydrogen-bond donors (Lipinski definition) is 1. The van der Waals surface area contributed by atoms with Gasteiger partial charge in [-0.3, -0.25) is 0 Å². The van der Waals surface area contributed by atoms with Crippen LogP contribution in [0.3, 0.4) is 0 Å². The molecule has 0 spiro atoms. The Morgan fingerprint density at radius 3 is 3.00 bits per heavy atom. The zero-order valence-corrected chi connectivity index (χ0v) is 11.2. The summed E-state index contributed by atoms with van der Waals surface area (Å²) in [5, 5.41) is 11.2. The third kappa shape index (κ3) is 3.17. The summed E-state index contributed by atoms with van der Waals surface area (Å²) < 4.78 is 11.3. The average Bonchev–Trinajstić information content (AvgIpc) is 2.93. The van der Waals surface area contributed by atoms with Gasteiger partial charge in [-0.1, -0.05) is 6.92 Å². The van der Waals surface area contributed by atoms with E-state index >= 15 is 0 Å². The van der Waals surface area contributed by atoms with Crippen molar-refractivity contribution >= 4 is 15.9 Å². The lowest BCUT2D eigenvalue weighted by Gasteiger charge is -1.97. The molecule has 2 rings (SSSR count). The van der Waals surface area contributed by atoms with Crippen LogP contribution in [0.15, 0.2) is 25.8 Å². The molecule has 1 N–H and O–H groups in total. The van der Waals surface area contributed by atoms with E-state index in [4.69, 9.17) is 8.83 Å². The van der Waals surface area contributed by atoms with E-state index in [0.717, 1.165) is 31.5 Å². The minimum Gasteiger partial charge on any atom is -0.457 e. The molecule has 0 atom stereocenters. The summed E-state index contributed by atoms with van der Waals surface area (Å²) in [6.07, 6.45) is 3.35. The molecule has 0 saturated heterocycles. The van der Waals surface area contributed by atoms with Crippen LogP contribution in [0.1, 0.15) is 19.2 Å². The van der Waals surface area contributed by atoms with Crippen molar-refractivity contribution in [1.29, 1.82) is 0 Å². The van der Waals surface area contributed by atoms with Crippen LogP contribution < -0.4 is 5.32 Å². The van der Waals surface area contributed by atoms with E-state index in [9.17, 15) is 0 Å². The van der Waals surface area contributed by atoms with Crippen LogP contribution in [-0.2, 0) is 6.42 Å². The summed E-state index contributed by atoms with van der Waals surface area (Å²) in [6.45, 7) is 4.03. The first kappa shape index (κ1) is 12.3. The smallest absolute Gasteiger partial charge is 0.252 e. The molecule has 5 nitrogen and oxygen atoms in total. The summed E-state index contributed by atoms with van der Waals surface area (Å²) in [4.78, 5) is 0. The molecule has 0 unspecified atom stereocenters. The second kappa shape index (κ2) is 5.97. The third-order valence-electron chi connectivity index (χ3n) is 2.31. The predicted molar refractivity (Wildman–Crippen MR) is 66.6 cm³/mol. The van der Waals surface area contributed by atoms with Gasteiger partial charge in [-0.25, -0.2) is 0 Å². The molecule has 2 aromatic heterocycles. The van der Waals surface area contributed by atoms with E-state index in [2.05, 4.69) is 38.4 Å². The third-order valence-corrected chi connectivity index (χ3v) is 2.92. The van der Waals surface area contributed by atoms with Crippen LogP contribution >= 0.6 is 15.9 Å². The molecular weight excluding hydrogens is 286 g/mol. The first-order valence-electron chi connectivity index (χ1n) is 5.57. The molecule has 0 amide bonds. The fourth-order valence-corrected chi connectivity index (χ4v) is 1.86. The van der Waals surface area contributed by atoms with E-state index in [1.165, 1.54) is 0 Å². The van der Waals surface area contributed by atoms with Gasteiger partial charge in [0.15, 0.2) is 4.67 Å². The SMILES string of the molecule is CCNCCCc1nnc(-c2ccoc2Br)o1. The van der Waals surface area contributed by atoms with Crippen molar-refractivity contribution in [3.05, 3.63) is 22.9 Å². The molecule has 17 heavy (non-hydrogen) atoms. The van der Waals surface area contributed by atoms with Crippen molar-refractivity contribution in [3.63, 3.8) is 0 Å². The monoisotopic (exact) mass is 299 g/mol. The number of halogens is 1. The normalized spacial score (nSPS) is 10.9. The van der Waals surface area contributed by atoms with Gasteiger partial charge in [0.25, 0.3) is 5.89 Å². The zero-order chi connectivity index (χ0) is 12.1. The van der Waals surface area contributed by atoms with Gasteiger partial charge in [0.1, 0.15) is 0 Å². The maximum Gasteiger partial charge on any atom is 0.252 e. The Balaban J connectivity index is 1.95. The molecule has 0 fully saturated rings. The Kier molecular flexibility index (Phi) is 4.33. The van der Waals surface area contributed by atoms with Crippen molar-refractivity contribution in [2.75, 3.05) is 13.1 Å². The van der Waals surface area contributed by atoms with Crippen molar-refractivity contribution in [2.45, 2.75) is 19.8 Å². The lowest BCUT2D eigenvalue weighted by Crippen LogP contribution is -2.14. The highest BCUT2D eigenvalue weighted by Gasteiger charge is 2.13. The van der Waals surface area contributed by atoms with Crippen molar-refractivity contribution < 1.29 is 8.83 Å². The molecule has 0 aliphatic heterocycles. The number of nitrogens with one attached hydrogen (secondary N) is 1. The predicted octanol–water partition coefficient (Wildman–Crippen LogP) is 2.63. The van der Waals surface area contributed by atoms with E-state index in [0.29, 0.717) is 16.5 Å². The van der Waals surface area contributed by atoms with Crippen LogP contribution in [0.25, 0.3) is 11.5 Å². The Bertz CT molecular complexity index is 467. The first-order valence-corrected chi connectivity index (χ1v) is 6.37. The van der Waals surface area contributed by atoms with Gasteiger partial charge in [0.2, 0.25) is 5.89 Å². The van der Waals surface area contributed by atoms with Gasteiger partial charge in [0, 0.05) is 6.42 Å². The van der Waals surface area contributed by atoms with E-state index in [-0.39, 0.29) is 0 Å². The summed E-state index contributed by atoms with van der Waals surface area (Å²) in [6, 6.07) is 1.79. The minimum absolute atomic E-state index is 0.490. The second-order valence-electron chi connectivity index (χ2n) is 3.57. The Hall–Kier alpha value is -1.14. The highest BCUT2D eigenvalue weighted by Crippen LogP contribution is 2.28. The van der Waals surface area contributed by atoms with Crippen LogP contribution in [0, 0.1) is 0 Å². The molecule has 2 aromatic rings. The lowest BCUT2D eigenvalue weighted by molar-refractivity contribution is 0.489. The molecule has 92 valence electrons. The number of nitrogens with zero attached hydrogens (tertiary/aromatic N) is 2. The average molecular weight is 300 g/mol. The van der Waals surface area contributed by atoms with Gasteiger partial charge in [-0.15, -0.1) is 10.2 Å². The van der Waals surface area contributed by atoms with Crippen LogP contribution in [0.2, 0.25) is 0 Å². The van der Waals surface area contributed by atoms with Gasteiger partial charge in [-0.05, 0) is 41.5 Å². The maximum atomic E-state index is 5.55. The maximum absolute atomic E-state index is 5.55. The second-order valence-corrected chi connectivity index (χ2v) is 4.29. The number of hydrogen-bond acceptors (Lipinski definition) is 5. The zero-order valence-electron chi connectivity index (χ0n) is 9.57. The first-order chi connectivity index (χ1) is 8.31. The van der Waals surface area contributed by atoms with Crippen LogP contribution in [-0.4, -0.2) is 23.3 Å². The fraction of sp³-hybridized carbons (Fsp3) is 0.455. The van der Waals surface area contributed by atoms with E-state index in [1.807, 2.05) is 0 Å². The quantitative estimate of drug-likeness (QED) is 0.831. The summed E-state index contributed by atoms with van der Waals surface area (Å²) in [5.41, 5.74) is 0.787. The number of aryl methyl sites for hydroxylation is 1. The molecule has 0 aromatic carbocycles. The molecular formula is C11H14BrN3O2. The van der Waals surface area contributed by atoms with Crippen molar-refractivity contribution in [2.24, 2.45) is 0 Å². The molecule has 0 bridgehead atoms. The number of furan rings is 1. The molecule has 2 heterocycles. The summed E-state index contributed by atoms with van der Waals surface area (Å²) in [7, 11) is 0. The van der Waals surface area contributed by atoms with Crippen molar-refractivity contribution in [3.8, 4) is 11.5 Å². The number of rotatable bonds is 6. The molecule has 0 aliphatic carbocycles. The Morgan fingerprint density at radius 1 is 1.41 bits per heavy atom. The van der Waals surface area contributed by atoms with E-state index < -0.39 is 0 Å². The number of aromatic nitrogens is 2. The fourth-order valence-electron chi connectivity index (χ4n) is 1.45. The van der Waals surface area contributed by atoms with Gasteiger partial charge in [0.05, 0.1) is 11.8 Å². The summed E-state index contributed by atoms with van der Waals surface area (Å²) in [5.74, 6) is 1.15. The Morgan fingerprint density at radius 2 is 2.29 bits per heavy atom. The topological polar surface area (TPSA) is 64.1 Å². The van der Waals surface area contributed by atoms with Gasteiger partial charge >= 0.3 is 0 Å². The molecule has 6 heteroatoms. The van der Waals surface area contributed by atoms with Crippen LogP contribution in [0.5, 0.6) is 0 Å². The van der Waals surface area contributed by atoms with Gasteiger partial charge < -0.3 is 14.2 Å². The van der Waals surface area contributed by atoms with Crippen molar-refractivity contribution in [1.82, 2.24) is 15.5 Å². The van der Waals surface area contributed by atoms with E-state index in [1.54, 1.807) is 12.3 Å². The largest absolute Gasteiger partial charge is 0.457 e. The molecule has 0 aliphatic rings. The minimum atomic E-state index is 0.490. The Labute approximate surface area is 108 Å². The highest BCUT2D eigenvalue weighted by atomic mass is 79.9. The molecule has 0 radical (unpaired) electrons. The summed E-state index contributed by atoms with van der Waals surface area (Å²) >= 11 is 3.28. The highest BCUT2D eigenvalue weighted by molar-refractivity contribution is 9.10. The lowest BCUT2D eigenvalue weighted by atomic mass is 10.3. The van der Waals surface area contributed by atoms with Gasteiger partial charge in [-0.2, -0.15) is 0 Å². The van der Waals surface area contributed by atoms with Crippen LogP contribution in [0.4, 0.5) is 0 Å². The standard InChI is InChI=1S/C11H14BrN3O2/c1-2-13-6-3-4-9-14-15-11(17-9)8-5-7-16-10(8)12/h5,7,13H,2-4,6H2,1H3. The molecule has 0 saturated carbocycles.